The van der Waals surface area contributed by atoms with Crippen LogP contribution in [0.2, 0.25) is 0 Å². The number of carbonyl (C=O) groups excluding carboxylic acids is 1. The number of aryl methyl sites for hydroxylation is 1. The maximum Gasteiger partial charge on any atom is 0.262 e. The molecule has 1 aliphatic rings. The van der Waals surface area contributed by atoms with Crippen LogP contribution >= 0.6 is 11.8 Å². The summed E-state index contributed by atoms with van der Waals surface area (Å²) in [6.45, 7) is 2.03. The second-order valence-electron chi connectivity index (χ2n) is 7.62. The van der Waals surface area contributed by atoms with Gasteiger partial charge in [0.15, 0.2) is 5.16 Å². The highest BCUT2D eigenvalue weighted by molar-refractivity contribution is 7.99. The van der Waals surface area contributed by atoms with Gasteiger partial charge in [0.2, 0.25) is 0 Å². The fourth-order valence-electron chi connectivity index (χ4n) is 3.90. The quantitative estimate of drug-likeness (QED) is 0.436. The number of likely N-dealkylation sites (tertiary alicyclic amines) is 1. The Morgan fingerprint density at radius 2 is 1.87 bits per heavy atom. The fourth-order valence-corrected chi connectivity index (χ4v) is 4.59. The molecule has 1 aromatic heterocycles. The lowest BCUT2D eigenvalue weighted by Gasteiger charge is -2.26. The van der Waals surface area contributed by atoms with Gasteiger partial charge in [-0.2, -0.15) is 5.26 Å². The van der Waals surface area contributed by atoms with E-state index in [0.29, 0.717) is 34.6 Å². The van der Waals surface area contributed by atoms with Crippen LogP contribution in [0.1, 0.15) is 35.2 Å². The largest absolute Gasteiger partial charge is 0.339 e. The van der Waals surface area contributed by atoms with Gasteiger partial charge in [0, 0.05) is 25.2 Å². The van der Waals surface area contributed by atoms with Gasteiger partial charge in [-0.15, -0.1) is 0 Å². The van der Waals surface area contributed by atoms with Gasteiger partial charge in [-0.1, -0.05) is 42.1 Å². The van der Waals surface area contributed by atoms with Crippen LogP contribution in [-0.4, -0.2) is 39.2 Å². The zero-order valence-electron chi connectivity index (χ0n) is 17.3. The zero-order chi connectivity index (χ0) is 21.6. The first-order chi connectivity index (χ1) is 15.2. The number of thioether (sulfide) groups is 1. The molecule has 1 aliphatic heterocycles. The number of aromatic nitrogens is 2. The van der Waals surface area contributed by atoms with E-state index in [-0.39, 0.29) is 17.2 Å². The van der Waals surface area contributed by atoms with Gasteiger partial charge in [-0.3, -0.25) is 14.2 Å². The molecule has 3 aromatic rings. The van der Waals surface area contributed by atoms with Crippen LogP contribution in [0.15, 0.2) is 58.5 Å². The normalized spacial score (nSPS) is 13.8. The van der Waals surface area contributed by atoms with E-state index in [1.165, 1.54) is 11.8 Å². The van der Waals surface area contributed by atoms with Crippen molar-refractivity contribution in [2.45, 2.75) is 37.4 Å². The average Bonchev–Trinajstić information content (AvgIpc) is 2.82. The third-order valence-corrected chi connectivity index (χ3v) is 6.39. The number of hydrogen-bond acceptors (Lipinski definition) is 5. The van der Waals surface area contributed by atoms with Crippen molar-refractivity contribution in [1.82, 2.24) is 14.5 Å². The lowest BCUT2D eigenvalue weighted by Crippen LogP contribution is -2.35. The van der Waals surface area contributed by atoms with Crippen molar-refractivity contribution >= 4 is 28.6 Å². The maximum absolute atomic E-state index is 13.2. The van der Waals surface area contributed by atoms with Crippen molar-refractivity contribution < 1.29 is 4.79 Å². The number of carbonyl (C=O) groups is 1. The molecule has 31 heavy (non-hydrogen) atoms. The monoisotopic (exact) mass is 432 g/mol. The molecule has 1 amide bonds. The molecule has 7 heteroatoms. The van der Waals surface area contributed by atoms with E-state index < -0.39 is 0 Å². The van der Waals surface area contributed by atoms with Crippen LogP contribution in [0.3, 0.4) is 0 Å². The molecule has 158 valence electrons. The standard InChI is InChI=1S/C24H24N4O2S/c25-12-16-31-24-26-21-17-19(22(29)27-13-5-2-6-14-27)9-10-20(21)23(30)28(24)15-11-18-7-3-1-4-8-18/h1,3-4,7-10,17H,2,5-6,11,13-16H2. The Balaban J connectivity index is 1.68. The minimum Gasteiger partial charge on any atom is -0.339 e. The topological polar surface area (TPSA) is 79.0 Å². The molecule has 0 spiro atoms. The molecule has 2 aromatic carbocycles. The van der Waals surface area contributed by atoms with Gasteiger partial charge in [0.1, 0.15) is 0 Å². The first-order valence-electron chi connectivity index (χ1n) is 10.5. The molecule has 0 aliphatic carbocycles. The number of amides is 1. The van der Waals surface area contributed by atoms with E-state index in [2.05, 4.69) is 11.1 Å². The second-order valence-corrected chi connectivity index (χ2v) is 8.56. The second kappa shape index (κ2) is 9.80. The van der Waals surface area contributed by atoms with Crippen LogP contribution < -0.4 is 5.56 Å². The Labute approximate surface area is 185 Å². The van der Waals surface area contributed by atoms with E-state index in [1.807, 2.05) is 35.2 Å². The molecular formula is C24H24N4O2S. The molecule has 0 atom stereocenters. The molecule has 6 nitrogen and oxygen atoms in total. The summed E-state index contributed by atoms with van der Waals surface area (Å²) >= 11 is 1.25. The molecular weight excluding hydrogens is 408 g/mol. The molecule has 4 rings (SSSR count). The van der Waals surface area contributed by atoms with E-state index in [1.54, 1.807) is 22.8 Å². The maximum atomic E-state index is 13.2. The van der Waals surface area contributed by atoms with E-state index in [9.17, 15) is 9.59 Å². The Bertz CT molecular complexity index is 1180. The summed E-state index contributed by atoms with van der Waals surface area (Å²) in [5, 5.41) is 10.0. The van der Waals surface area contributed by atoms with Crippen molar-refractivity contribution in [3.8, 4) is 6.07 Å². The number of fused-ring (bicyclic) bond motifs is 1. The predicted octanol–water partition coefficient (Wildman–Crippen LogP) is 3.88. The SMILES string of the molecule is N#CCSc1nc2cc(C(=O)N3CCCCC3)ccc2c(=O)n1CCc1ccccc1. The van der Waals surface area contributed by atoms with Gasteiger partial charge in [0.25, 0.3) is 11.5 Å². The van der Waals surface area contributed by atoms with Crippen molar-refractivity contribution in [3.05, 3.63) is 70.0 Å². The highest BCUT2D eigenvalue weighted by Crippen LogP contribution is 2.21. The van der Waals surface area contributed by atoms with Crippen LogP contribution in [0.4, 0.5) is 0 Å². The minimum absolute atomic E-state index is 0.0112. The van der Waals surface area contributed by atoms with Crippen LogP contribution in [0.5, 0.6) is 0 Å². The van der Waals surface area contributed by atoms with E-state index in [0.717, 1.165) is 37.9 Å². The lowest BCUT2D eigenvalue weighted by atomic mass is 10.1. The average molecular weight is 433 g/mol. The summed E-state index contributed by atoms with van der Waals surface area (Å²) in [5.74, 6) is 0.193. The summed E-state index contributed by atoms with van der Waals surface area (Å²) in [4.78, 5) is 32.7. The minimum atomic E-state index is -0.140. The summed E-state index contributed by atoms with van der Waals surface area (Å²) in [7, 11) is 0. The van der Waals surface area contributed by atoms with Gasteiger partial charge < -0.3 is 4.90 Å². The number of nitrogens with zero attached hydrogens (tertiary/aromatic N) is 4. The van der Waals surface area contributed by atoms with Crippen molar-refractivity contribution in [1.29, 1.82) is 5.26 Å². The van der Waals surface area contributed by atoms with Crippen molar-refractivity contribution in [2.75, 3.05) is 18.8 Å². The first kappa shape index (κ1) is 21.1. The van der Waals surface area contributed by atoms with Gasteiger partial charge in [0.05, 0.1) is 22.7 Å². The summed E-state index contributed by atoms with van der Waals surface area (Å²) < 4.78 is 1.64. The lowest BCUT2D eigenvalue weighted by molar-refractivity contribution is 0.0724. The molecule has 1 saturated heterocycles. The Morgan fingerprint density at radius 3 is 2.61 bits per heavy atom. The molecule has 1 fully saturated rings. The van der Waals surface area contributed by atoms with Crippen LogP contribution in [0, 0.1) is 11.3 Å². The van der Waals surface area contributed by atoms with Crippen LogP contribution in [0.25, 0.3) is 10.9 Å². The smallest absolute Gasteiger partial charge is 0.262 e. The number of piperidine rings is 1. The molecule has 0 unspecified atom stereocenters. The molecule has 0 N–H and O–H groups in total. The van der Waals surface area contributed by atoms with Crippen LogP contribution in [-0.2, 0) is 13.0 Å². The van der Waals surface area contributed by atoms with Gasteiger partial charge in [-0.25, -0.2) is 4.98 Å². The van der Waals surface area contributed by atoms with E-state index in [4.69, 9.17) is 5.26 Å². The van der Waals surface area contributed by atoms with Gasteiger partial charge in [-0.05, 0) is 49.4 Å². The molecule has 0 saturated carbocycles. The molecule has 2 heterocycles. The third kappa shape index (κ3) is 4.80. The Hall–Kier alpha value is -3.11. The highest BCUT2D eigenvalue weighted by Gasteiger charge is 2.20. The first-order valence-corrected chi connectivity index (χ1v) is 11.5. The number of benzene rings is 2. The summed E-state index contributed by atoms with van der Waals surface area (Å²) in [5.41, 5.74) is 2.05. The highest BCUT2D eigenvalue weighted by atomic mass is 32.2. The third-order valence-electron chi connectivity index (χ3n) is 5.54. The Kier molecular flexibility index (Phi) is 6.68. The fraction of sp³-hybridized carbons (Fsp3) is 0.333. The molecule has 0 bridgehead atoms. The van der Waals surface area contributed by atoms with Gasteiger partial charge >= 0.3 is 0 Å². The molecule has 0 radical (unpaired) electrons. The zero-order valence-corrected chi connectivity index (χ0v) is 18.1. The van der Waals surface area contributed by atoms with Crippen molar-refractivity contribution in [2.24, 2.45) is 0 Å². The Morgan fingerprint density at radius 1 is 1.10 bits per heavy atom. The van der Waals surface area contributed by atoms with Crippen molar-refractivity contribution in [3.63, 3.8) is 0 Å². The predicted molar refractivity (Wildman–Crippen MR) is 122 cm³/mol. The summed E-state index contributed by atoms with van der Waals surface area (Å²) in [6, 6.07) is 17.2. The van der Waals surface area contributed by atoms with E-state index >= 15 is 0 Å². The number of hydrogen-bond donors (Lipinski definition) is 0. The summed E-state index contributed by atoms with van der Waals surface area (Å²) in [6.07, 6.45) is 3.90. The number of rotatable bonds is 6. The number of nitriles is 1.